The summed E-state index contributed by atoms with van der Waals surface area (Å²) in [6.45, 7) is 1.73. The third-order valence-electron chi connectivity index (χ3n) is 4.17. The van der Waals surface area contributed by atoms with Gasteiger partial charge in [-0.3, -0.25) is 9.59 Å². The molecule has 1 heterocycles. The van der Waals surface area contributed by atoms with Crippen molar-refractivity contribution in [1.29, 1.82) is 0 Å². The molecule has 0 fully saturated rings. The Morgan fingerprint density at radius 2 is 1.67 bits per heavy atom. The number of rotatable bonds is 0. The van der Waals surface area contributed by atoms with Crippen LogP contribution in [0.3, 0.4) is 0 Å². The van der Waals surface area contributed by atoms with Gasteiger partial charge in [0.1, 0.15) is 4.90 Å². The van der Waals surface area contributed by atoms with Crippen LogP contribution >= 0.6 is 0 Å². The van der Waals surface area contributed by atoms with Gasteiger partial charge in [-0.25, -0.2) is 13.1 Å². The molecule has 1 aromatic carbocycles. The van der Waals surface area contributed by atoms with Crippen LogP contribution in [-0.4, -0.2) is 20.2 Å². The lowest BCUT2D eigenvalue weighted by Crippen LogP contribution is -2.35. The van der Waals surface area contributed by atoms with Gasteiger partial charge in [-0.15, -0.1) is 0 Å². The Balaban J connectivity index is 2.30. The van der Waals surface area contributed by atoms with E-state index in [1.807, 2.05) is 0 Å². The van der Waals surface area contributed by atoms with Crippen molar-refractivity contribution in [2.24, 2.45) is 5.92 Å². The average molecular weight is 352 g/mol. The molecule has 2 N–H and O–H groups in total. The lowest BCUT2D eigenvalue weighted by Gasteiger charge is -2.14. The third kappa shape index (κ3) is 5.06. The first-order valence-corrected chi connectivity index (χ1v) is 9.84. The van der Waals surface area contributed by atoms with Gasteiger partial charge in [0, 0.05) is 12.3 Å². The Morgan fingerprint density at radius 3 is 2.46 bits per heavy atom. The molecule has 0 saturated heterocycles. The summed E-state index contributed by atoms with van der Waals surface area (Å²) in [6, 6.07) is 6.12. The number of carbonyl (C=O) groups excluding carboxylic acids is 2. The summed E-state index contributed by atoms with van der Waals surface area (Å²) in [7, 11) is -4.02. The first-order valence-electron chi connectivity index (χ1n) is 8.36. The van der Waals surface area contributed by atoms with E-state index in [0.29, 0.717) is 12.8 Å². The van der Waals surface area contributed by atoms with Crippen LogP contribution in [0.1, 0.15) is 51.9 Å². The van der Waals surface area contributed by atoms with E-state index in [4.69, 9.17) is 0 Å². The predicted octanol–water partition coefficient (Wildman–Crippen LogP) is 2.81. The fraction of sp³-hybridized carbons (Fsp3) is 0.529. The number of amides is 2. The molecule has 0 aliphatic carbocycles. The number of fused-ring (bicyclic) bond motifs is 1. The first-order chi connectivity index (χ1) is 11.4. The van der Waals surface area contributed by atoms with E-state index in [1.54, 1.807) is 19.1 Å². The Kier molecular flexibility index (Phi) is 6.36. The second-order valence-electron chi connectivity index (χ2n) is 6.22. The van der Waals surface area contributed by atoms with Gasteiger partial charge in [0.05, 0.1) is 5.69 Å². The van der Waals surface area contributed by atoms with Gasteiger partial charge in [-0.2, -0.15) is 0 Å². The van der Waals surface area contributed by atoms with E-state index < -0.39 is 15.9 Å². The largest absolute Gasteiger partial charge is 0.325 e. The molecule has 0 radical (unpaired) electrons. The minimum atomic E-state index is -4.02. The maximum atomic E-state index is 12.5. The molecule has 0 aromatic heterocycles. The maximum absolute atomic E-state index is 12.5. The lowest BCUT2D eigenvalue weighted by atomic mass is 10.0. The van der Waals surface area contributed by atoms with E-state index in [9.17, 15) is 18.0 Å². The lowest BCUT2D eigenvalue weighted by molar-refractivity contribution is -0.123. The summed E-state index contributed by atoms with van der Waals surface area (Å²) >= 11 is 0. The van der Waals surface area contributed by atoms with Gasteiger partial charge < -0.3 is 5.32 Å². The molecule has 6 nitrogen and oxygen atoms in total. The highest BCUT2D eigenvalue weighted by Crippen LogP contribution is 2.22. The van der Waals surface area contributed by atoms with E-state index in [-0.39, 0.29) is 22.4 Å². The molecule has 1 atom stereocenters. The standard InChI is InChI=1S/C17H24N2O4S/c1-13-9-5-3-2-4-6-12-16(20)18-14-10-7-8-11-15(14)24(22,23)19-17(13)21/h7-8,10-11,13H,2-6,9,12H2,1H3,(H,18,20)(H,19,21). The van der Waals surface area contributed by atoms with Crippen LogP contribution in [0.2, 0.25) is 0 Å². The van der Waals surface area contributed by atoms with Gasteiger partial charge in [-0.05, 0) is 25.0 Å². The molecule has 2 rings (SSSR count). The summed E-state index contributed by atoms with van der Waals surface area (Å²) in [4.78, 5) is 24.1. The van der Waals surface area contributed by atoms with Crippen LogP contribution in [-0.2, 0) is 19.6 Å². The molecular weight excluding hydrogens is 328 g/mol. The maximum Gasteiger partial charge on any atom is 0.266 e. The highest BCUT2D eigenvalue weighted by Gasteiger charge is 2.24. The zero-order valence-electron chi connectivity index (χ0n) is 13.9. The molecule has 2 amide bonds. The fourth-order valence-corrected chi connectivity index (χ4v) is 3.94. The van der Waals surface area contributed by atoms with Crippen LogP contribution in [0, 0.1) is 5.92 Å². The molecule has 0 spiro atoms. The molecule has 24 heavy (non-hydrogen) atoms. The minimum Gasteiger partial charge on any atom is -0.325 e. The Morgan fingerprint density at radius 1 is 1.00 bits per heavy atom. The van der Waals surface area contributed by atoms with Crippen molar-refractivity contribution in [2.45, 2.75) is 56.8 Å². The monoisotopic (exact) mass is 352 g/mol. The minimum absolute atomic E-state index is 0.0891. The number of anilines is 1. The van der Waals surface area contributed by atoms with Gasteiger partial charge in [-0.1, -0.05) is 44.7 Å². The molecule has 0 bridgehead atoms. The Hall–Kier alpha value is -1.89. The number of carbonyl (C=O) groups is 2. The van der Waals surface area contributed by atoms with E-state index in [0.717, 1.165) is 32.1 Å². The number of hydrogen-bond donors (Lipinski definition) is 2. The third-order valence-corrected chi connectivity index (χ3v) is 5.58. The van der Waals surface area contributed by atoms with Crippen LogP contribution in [0.4, 0.5) is 5.69 Å². The molecule has 1 aliphatic heterocycles. The quantitative estimate of drug-likeness (QED) is 0.751. The van der Waals surface area contributed by atoms with E-state index in [2.05, 4.69) is 10.0 Å². The SMILES string of the molecule is CC1CCCCCCCC(=O)Nc2ccccc2S(=O)(=O)NC1=O. The topological polar surface area (TPSA) is 92.3 Å². The number of nitrogens with one attached hydrogen (secondary N) is 2. The van der Waals surface area contributed by atoms with E-state index in [1.165, 1.54) is 12.1 Å². The summed E-state index contributed by atoms with van der Waals surface area (Å²) in [5.74, 6) is -1.09. The second-order valence-corrected chi connectivity index (χ2v) is 7.87. The highest BCUT2D eigenvalue weighted by atomic mass is 32.2. The van der Waals surface area contributed by atoms with Gasteiger partial charge in [0.2, 0.25) is 11.8 Å². The van der Waals surface area contributed by atoms with Crippen molar-refractivity contribution in [1.82, 2.24) is 4.72 Å². The van der Waals surface area contributed by atoms with Crippen LogP contribution in [0.25, 0.3) is 0 Å². The van der Waals surface area contributed by atoms with Crippen LogP contribution in [0.15, 0.2) is 29.2 Å². The van der Waals surface area contributed by atoms with Crippen molar-refractivity contribution >= 4 is 27.5 Å². The molecule has 1 unspecified atom stereocenters. The normalized spacial score (nSPS) is 23.1. The zero-order valence-corrected chi connectivity index (χ0v) is 14.7. The highest BCUT2D eigenvalue weighted by molar-refractivity contribution is 7.90. The van der Waals surface area contributed by atoms with Crippen molar-refractivity contribution in [2.75, 3.05) is 5.32 Å². The Bertz CT molecular complexity index is 700. The van der Waals surface area contributed by atoms with Gasteiger partial charge in [0.15, 0.2) is 0 Å². The number of benzene rings is 1. The molecule has 1 aliphatic rings. The zero-order chi connectivity index (χ0) is 17.6. The number of hydrogen-bond acceptors (Lipinski definition) is 4. The molecule has 0 saturated carbocycles. The average Bonchev–Trinajstić information content (AvgIpc) is 2.53. The first kappa shape index (κ1) is 18.4. The van der Waals surface area contributed by atoms with Crippen molar-refractivity contribution in [3.8, 4) is 0 Å². The van der Waals surface area contributed by atoms with Gasteiger partial charge in [0.25, 0.3) is 10.0 Å². The predicted molar refractivity (Wildman–Crippen MR) is 91.9 cm³/mol. The summed E-state index contributed by atoms with van der Waals surface area (Å²) in [5, 5.41) is 2.64. The number of sulfonamides is 1. The summed E-state index contributed by atoms with van der Waals surface area (Å²) in [5.41, 5.74) is 0.199. The molecule has 132 valence electrons. The van der Waals surface area contributed by atoms with Crippen molar-refractivity contribution in [3.63, 3.8) is 0 Å². The van der Waals surface area contributed by atoms with E-state index >= 15 is 0 Å². The Labute approximate surface area is 143 Å². The van der Waals surface area contributed by atoms with Crippen LogP contribution in [0.5, 0.6) is 0 Å². The molecular formula is C17H24N2O4S. The van der Waals surface area contributed by atoms with Crippen LogP contribution < -0.4 is 10.0 Å². The number of para-hydroxylation sites is 1. The van der Waals surface area contributed by atoms with Crippen molar-refractivity contribution < 1.29 is 18.0 Å². The van der Waals surface area contributed by atoms with Crippen molar-refractivity contribution in [3.05, 3.63) is 24.3 Å². The molecule has 7 heteroatoms. The second kappa shape index (κ2) is 8.28. The molecule has 1 aromatic rings. The smallest absolute Gasteiger partial charge is 0.266 e. The summed E-state index contributed by atoms with van der Waals surface area (Å²) < 4.78 is 27.1. The fourth-order valence-electron chi connectivity index (χ4n) is 2.70. The van der Waals surface area contributed by atoms with Gasteiger partial charge >= 0.3 is 0 Å². The summed E-state index contributed by atoms with van der Waals surface area (Å²) in [6.07, 6.45) is 5.60.